The lowest BCUT2D eigenvalue weighted by atomic mass is 10.0. The molecule has 3 heteroatoms. The van der Waals surface area contributed by atoms with Gasteiger partial charge < -0.3 is 0 Å². The molecule has 0 saturated heterocycles. The molecule has 0 bridgehead atoms. The van der Waals surface area contributed by atoms with E-state index in [-0.39, 0.29) is 5.82 Å². The lowest BCUT2D eigenvalue weighted by Gasteiger charge is -2.05. The van der Waals surface area contributed by atoms with Gasteiger partial charge in [-0.1, -0.05) is 38.1 Å². The maximum atomic E-state index is 13.8. The minimum atomic E-state index is -0.182. The van der Waals surface area contributed by atoms with Gasteiger partial charge in [0.1, 0.15) is 5.82 Å². The molecule has 0 aliphatic rings. The number of rotatable bonds is 2. The van der Waals surface area contributed by atoms with E-state index in [1.165, 1.54) is 6.07 Å². The quantitative estimate of drug-likeness (QED) is 0.622. The molecule has 0 unspecified atom stereocenters. The second-order valence-corrected chi connectivity index (χ2v) is 5.76. The first-order chi connectivity index (χ1) is 9.16. The van der Waals surface area contributed by atoms with Crippen molar-refractivity contribution in [2.75, 3.05) is 0 Å². The highest BCUT2D eigenvalue weighted by molar-refractivity contribution is 7.10. The maximum absolute atomic E-state index is 13.8. The van der Waals surface area contributed by atoms with E-state index in [1.807, 2.05) is 30.3 Å². The van der Waals surface area contributed by atoms with Gasteiger partial charge in [-0.05, 0) is 17.5 Å². The first-order valence-corrected chi connectivity index (χ1v) is 7.18. The molecule has 96 valence electrons. The number of thiazole rings is 1. The number of aromatic nitrogens is 1. The normalized spacial score (nSPS) is 11.4. The zero-order chi connectivity index (χ0) is 13.4. The highest BCUT2D eigenvalue weighted by Crippen LogP contribution is 2.32. The fourth-order valence-electron chi connectivity index (χ4n) is 2.16. The third-order valence-corrected chi connectivity index (χ3v) is 4.31. The van der Waals surface area contributed by atoms with Crippen LogP contribution in [0.4, 0.5) is 4.39 Å². The number of benzene rings is 2. The van der Waals surface area contributed by atoms with Gasteiger partial charge in [-0.2, -0.15) is 0 Å². The van der Waals surface area contributed by atoms with Crippen molar-refractivity contribution < 1.29 is 4.39 Å². The summed E-state index contributed by atoms with van der Waals surface area (Å²) >= 11 is 1.66. The molecule has 0 fully saturated rings. The molecule has 0 amide bonds. The summed E-state index contributed by atoms with van der Waals surface area (Å²) in [6, 6.07) is 10.9. The Hall–Kier alpha value is -1.74. The van der Waals surface area contributed by atoms with E-state index in [2.05, 4.69) is 24.2 Å². The Morgan fingerprint density at radius 2 is 1.79 bits per heavy atom. The number of nitrogens with zero attached hydrogens (tertiary/aromatic N) is 1. The predicted molar refractivity (Wildman–Crippen MR) is 79.1 cm³/mol. The predicted octanol–water partition coefficient (Wildman–Crippen LogP) is 5.23. The molecule has 0 aliphatic heterocycles. The van der Waals surface area contributed by atoms with Crippen molar-refractivity contribution in [2.45, 2.75) is 19.8 Å². The zero-order valence-corrected chi connectivity index (χ0v) is 11.7. The van der Waals surface area contributed by atoms with Gasteiger partial charge in [-0.3, -0.25) is 0 Å². The van der Waals surface area contributed by atoms with E-state index in [4.69, 9.17) is 0 Å². The highest BCUT2D eigenvalue weighted by Gasteiger charge is 2.11. The molecule has 1 aromatic heterocycles. The second kappa shape index (κ2) is 4.74. The fourth-order valence-corrected chi connectivity index (χ4v) is 3.00. The number of hydrogen-bond donors (Lipinski definition) is 0. The van der Waals surface area contributed by atoms with Crippen LogP contribution >= 0.6 is 11.3 Å². The van der Waals surface area contributed by atoms with Crippen LogP contribution in [-0.4, -0.2) is 4.98 Å². The van der Waals surface area contributed by atoms with Gasteiger partial charge in [0.05, 0.1) is 10.7 Å². The summed E-state index contributed by atoms with van der Waals surface area (Å²) in [5.74, 6) is 0.240. The van der Waals surface area contributed by atoms with Crippen molar-refractivity contribution in [1.29, 1.82) is 0 Å². The SMILES string of the molecule is CC(C)c1nc(-c2ccc(F)c3ccccc23)cs1. The molecule has 1 heterocycles. The third-order valence-electron chi connectivity index (χ3n) is 3.16. The average Bonchev–Trinajstić information content (AvgIpc) is 2.89. The van der Waals surface area contributed by atoms with Crippen molar-refractivity contribution in [2.24, 2.45) is 0 Å². The Labute approximate surface area is 115 Å². The minimum absolute atomic E-state index is 0.182. The van der Waals surface area contributed by atoms with Crippen LogP contribution in [0.3, 0.4) is 0 Å². The molecule has 0 radical (unpaired) electrons. The molecule has 19 heavy (non-hydrogen) atoms. The van der Waals surface area contributed by atoms with Crippen LogP contribution < -0.4 is 0 Å². The van der Waals surface area contributed by atoms with Gasteiger partial charge in [0, 0.05) is 22.2 Å². The topological polar surface area (TPSA) is 12.9 Å². The Morgan fingerprint density at radius 3 is 2.47 bits per heavy atom. The van der Waals surface area contributed by atoms with Gasteiger partial charge in [0.25, 0.3) is 0 Å². The second-order valence-electron chi connectivity index (χ2n) is 4.87. The molecule has 3 rings (SSSR count). The van der Waals surface area contributed by atoms with Crippen LogP contribution in [0.5, 0.6) is 0 Å². The summed E-state index contributed by atoms with van der Waals surface area (Å²) in [5.41, 5.74) is 1.94. The van der Waals surface area contributed by atoms with Crippen LogP contribution in [0.15, 0.2) is 41.8 Å². The first-order valence-electron chi connectivity index (χ1n) is 6.30. The lowest BCUT2D eigenvalue weighted by Crippen LogP contribution is -1.88. The van der Waals surface area contributed by atoms with Crippen LogP contribution in [0.2, 0.25) is 0 Å². The van der Waals surface area contributed by atoms with Crippen molar-refractivity contribution in [1.82, 2.24) is 4.98 Å². The number of hydrogen-bond acceptors (Lipinski definition) is 2. The van der Waals surface area contributed by atoms with Crippen molar-refractivity contribution in [3.05, 3.63) is 52.6 Å². The van der Waals surface area contributed by atoms with E-state index in [9.17, 15) is 4.39 Å². The molecule has 1 nitrogen and oxygen atoms in total. The summed E-state index contributed by atoms with van der Waals surface area (Å²) < 4.78 is 13.8. The smallest absolute Gasteiger partial charge is 0.131 e. The van der Waals surface area contributed by atoms with Crippen molar-refractivity contribution >= 4 is 22.1 Å². The van der Waals surface area contributed by atoms with Crippen LogP contribution in [0, 0.1) is 5.82 Å². The summed E-state index contributed by atoms with van der Waals surface area (Å²) in [6.45, 7) is 4.26. The standard InChI is InChI=1S/C16H14FNS/c1-10(2)16-18-15(9-19-16)13-7-8-14(17)12-6-4-3-5-11(12)13/h3-10H,1-2H3. The third kappa shape index (κ3) is 2.15. The van der Waals surface area contributed by atoms with Gasteiger partial charge in [0.15, 0.2) is 0 Å². The molecule has 0 N–H and O–H groups in total. The molecule has 0 aliphatic carbocycles. The maximum Gasteiger partial charge on any atom is 0.131 e. The first kappa shape index (κ1) is 12.3. The molecular weight excluding hydrogens is 257 g/mol. The number of halogens is 1. The van der Waals surface area contributed by atoms with Crippen LogP contribution in [0.25, 0.3) is 22.0 Å². The fraction of sp³-hybridized carbons (Fsp3) is 0.188. The summed E-state index contributed by atoms with van der Waals surface area (Å²) in [4.78, 5) is 4.66. The summed E-state index contributed by atoms with van der Waals surface area (Å²) in [6.07, 6.45) is 0. The van der Waals surface area contributed by atoms with Crippen molar-refractivity contribution in [3.8, 4) is 11.3 Å². The molecule has 0 spiro atoms. The van der Waals surface area contributed by atoms with Crippen molar-refractivity contribution in [3.63, 3.8) is 0 Å². The Balaban J connectivity index is 2.22. The Kier molecular flexibility index (Phi) is 3.07. The van der Waals surface area contributed by atoms with E-state index in [0.717, 1.165) is 21.7 Å². The van der Waals surface area contributed by atoms with Crippen LogP contribution in [-0.2, 0) is 0 Å². The van der Waals surface area contributed by atoms with Gasteiger partial charge in [0.2, 0.25) is 0 Å². The monoisotopic (exact) mass is 271 g/mol. The van der Waals surface area contributed by atoms with Gasteiger partial charge >= 0.3 is 0 Å². The largest absolute Gasteiger partial charge is 0.241 e. The minimum Gasteiger partial charge on any atom is -0.241 e. The number of fused-ring (bicyclic) bond motifs is 1. The van der Waals surface area contributed by atoms with E-state index < -0.39 is 0 Å². The zero-order valence-electron chi connectivity index (χ0n) is 10.9. The summed E-state index contributed by atoms with van der Waals surface area (Å²) in [7, 11) is 0. The molecule has 0 saturated carbocycles. The lowest BCUT2D eigenvalue weighted by molar-refractivity contribution is 0.640. The highest BCUT2D eigenvalue weighted by atomic mass is 32.1. The van der Waals surface area contributed by atoms with E-state index in [0.29, 0.717) is 11.3 Å². The summed E-state index contributed by atoms with van der Waals surface area (Å²) in [5, 5.41) is 4.74. The van der Waals surface area contributed by atoms with E-state index in [1.54, 1.807) is 11.3 Å². The average molecular weight is 271 g/mol. The van der Waals surface area contributed by atoms with Gasteiger partial charge in [-0.15, -0.1) is 11.3 Å². The molecule has 3 aromatic rings. The van der Waals surface area contributed by atoms with E-state index >= 15 is 0 Å². The molecular formula is C16H14FNS. The van der Waals surface area contributed by atoms with Gasteiger partial charge in [-0.25, -0.2) is 9.37 Å². The Morgan fingerprint density at radius 1 is 1.05 bits per heavy atom. The van der Waals surface area contributed by atoms with Crippen LogP contribution in [0.1, 0.15) is 24.8 Å². The molecule has 0 atom stereocenters. The Bertz CT molecular complexity index is 730. The molecule has 2 aromatic carbocycles.